The third-order valence-electron chi connectivity index (χ3n) is 4.49. The third-order valence-corrected chi connectivity index (χ3v) is 5.62. The zero-order valence-corrected chi connectivity index (χ0v) is 18.3. The van der Waals surface area contributed by atoms with Gasteiger partial charge in [-0.3, -0.25) is 0 Å². The van der Waals surface area contributed by atoms with Crippen molar-refractivity contribution in [2.45, 2.75) is 19.5 Å². The summed E-state index contributed by atoms with van der Waals surface area (Å²) >= 11 is 1.000. The highest BCUT2D eigenvalue weighted by molar-refractivity contribution is 7.17. The van der Waals surface area contributed by atoms with Crippen LogP contribution in [-0.4, -0.2) is 41.3 Å². The Kier molecular flexibility index (Phi) is 7.36. The van der Waals surface area contributed by atoms with E-state index < -0.39 is 23.5 Å². The van der Waals surface area contributed by atoms with E-state index in [1.807, 2.05) is 0 Å². The predicted molar refractivity (Wildman–Crippen MR) is 114 cm³/mol. The van der Waals surface area contributed by atoms with Gasteiger partial charge < -0.3 is 19.9 Å². The molecule has 33 heavy (non-hydrogen) atoms. The molecule has 2 aromatic heterocycles. The van der Waals surface area contributed by atoms with Crippen LogP contribution in [0.15, 0.2) is 30.6 Å². The fraction of sp³-hybridized carbons (Fsp3) is 0.286. The van der Waals surface area contributed by atoms with Gasteiger partial charge in [-0.05, 0) is 25.5 Å². The lowest BCUT2D eigenvalue weighted by Crippen LogP contribution is -2.11. The van der Waals surface area contributed by atoms with E-state index >= 15 is 0 Å². The van der Waals surface area contributed by atoms with Crippen LogP contribution in [0.3, 0.4) is 0 Å². The number of hydrogen-bond acceptors (Lipinski definition) is 7. The normalized spacial score (nSPS) is 11.3. The first-order chi connectivity index (χ1) is 15.6. The summed E-state index contributed by atoms with van der Waals surface area (Å²) in [7, 11) is 1.17. The van der Waals surface area contributed by atoms with Gasteiger partial charge in [0.2, 0.25) is 0 Å². The highest BCUT2D eigenvalue weighted by Crippen LogP contribution is 2.36. The minimum absolute atomic E-state index is 0.00186. The average molecular weight is 485 g/mol. The maximum absolute atomic E-state index is 14.3. The van der Waals surface area contributed by atoms with Gasteiger partial charge in [0.25, 0.3) is 0 Å². The molecular formula is C21H19F4N3O4S. The molecule has 0 fully saturated rings. The number of methoxy groups -OCH3 is 1. The zero-order chi connectivity index (χ0) is 24.2. The summed E-state index contributed by atoms with van der Waals surface area (Å²) in [6.07, 6.45) is -3.38. The second-order valence-corrected chi connectivity index (χ2v) is 7.70. The molecule has 3 aromatic rings. The Morgan fingerprint density at radius 3 is 2.58 bits per heavy atom. The van der Waals surface area contributed by atoms with Crippen molar-refractivity contribution in [2.24, 2.45) is 0 Å². The quantitative estimate of drug-likeness (QED) is 0.406. The van der Waals surface area contributed by atoms with Crippen LogP contribution >= 0.6 is 11.3 Å². The van der Waals surface area contributed by atoms with Crippen molar-refractivity contribution in [2.75, 3.05) is 25.6 Å². The van der Waals surface area contributed by atoms with E-state index in [4.69, 9.17) is 9.47 Å². The first-order valence-electron chi connectivity index (χ1n) is 9.63. The highest BCUT2D eigenvalue weighted by Gasteiger charge is 2.32. The maximum atomic E-state index is 14.3. The molecule has 0 saturated heterocycles. The number of thiophene rings is 1. The summed E-state index contributed by atoms with van der Waals surface area (Å²) in [4.78, 5) is 20.2. The van der Waals surface area contributed by atoms with E-state index in [0.29, 0.717) is 29.1 Å². The number of rotatable bonds is 9. The molecule has 176 valence electrons. The topological polar surface area (TPSA) is 93.6 Å². The Balaban J connectivity index is 1.75. The molecule has 12 heteroatoms. The average Bonchev–Trinajstić information content (AvgIpc) is 3.19. The van der Waals surface area contributed by atoms with Gasteiger partial charge in [-0.25, -0.2) is 19.2 Å². The number of ether oxygens (including phenoxy) is 2. The van der Waals surface area contributed by atoms with Gasteiger partial charge in [0.15, 0.2) is 4.88 Å². The molecule has 1 aromatic carbocycles. The zero-order valence-electron chi connectivity index (χ0n) is 17.5. The number of carboxylic acid groups (broad SMARTS) is 1. The second-order valence-electron chi connectivity index (χ2n) is 6.64. The van der Waals surface area contributed by atoms with E-state index in [0.717, 1.165) is 17.4 Å². The van der Waals surface area contributed by atoms with E-state index in [1.165, 1.54) is 13.4 Å². The third kappa shape index (κ3) is 5.69. The van der Waals surface area contributed by atoms with E-state index in [1.54, 1.807) is 19.1 Å². The number of nitrogens with one attached hydrogen (secondary N) is 1. The molecule has 0 aliphatic carbocycles. The molecule has 7 nitrogen and oxygen atoms in total. The minimum Gasteiger partial charge on any atom is -0.496 e. The van der Waals surface area contributed by atoms with E-state index in [9.17, 15) is 27.5 Å². The van der Waals surface area contributed by atoms with Crippen molar-refractivity contribution >= 4 is 23.1 Å². The highest BCUT2D eigenvalue weighted by atomic mass is 32.1. The molecule has 0 aliphatic heterocycles. The number of benzene rings is 1. The van der Waals surface area contributed by atoms with Crippen LogP contribution in [0.5, 0.6) is 11.5 Å². The Bertz CT molecular complexity index is 1150. The fourth-order valence-corrected chi connectivity index (χ4v) is 3.92. The van der Waals surface area contributed by atoms with Gasteiger partial charge in [0.1, 0.15) is 29.5 Å². The van der Waals surface area contributed by atoms with Crippen molar-refractivity contribution in [3.8, 4) is 22.1 Å². The van der Waals surface area contributed by atoms with Crippen molar-refractivity contribution in [3.05, 3.63) is 52.4 Å². The second kappa shape index (κ2) is 10.0. The number of nitrogens with zero attached hydrogens (tertiary/aromatic N) is 2. The molecule has 0 radical (unpaired) electrons. The van der Waals surface area contributed by atoms with Crippen LogP contribution in [0.4, 0.5) is 23.4 Å². The van der Waals surface area contributed by atoms with Crippen LogP contribution in [0.25, 0.3) is 10.6 Å². The van der Waals surface area contributed by atoms with E-state index in [-0.39, 0.29) is 34.9 Å². The standard InChI is InChI=1S/C21H19F4N3O4S/c1-3-32-16-9-17(33-19(16)20(29)30)14-8-18(28-10-27-14)26-5-4-12-13(22)6-11(21(23,24)25)7-15(12)31-2/h6-10H,3-5H2,1-2H3,(H,29,30)(H,26,27,28). The summed E-state index contributed by atoms with van der Waals surface area (Å²) in [5.74, 6) is -1.72. The predicted octanol–water partition coefficient (Wildman–Crippen LogP) is 5.12. The number of carboxylic acids is 1. The lowest BCUT2D eigenvalue weighted by atomic mass is 10.1. The number of hydrogen-bond donors (Lipinski definition) is 2. The van der Waals surface area contributed by atoms with Crippen LogP contribution in [0.2, 0.25) is 0 Å². The van der Waals surface area contributed by atoms with Crippen LogP contribution in [0, 0.1) is 5.82 Å². The summed E-state index contributed by atoms with van der Waals surface area (Å²) in [5, 5.41) is 12.3. The van der Waals surface area contributed by atoms with Gasteiger partial charge >= 0.3 is 12.1 Å². The lowest BCUT2D eigenvalue weighted by molar-refractivity contribution is -0.137. The molecule has 0 bridgehead atoms. The Labute approximate surface area is 190 Å². The number of carbonyl (C=O) groups is 1. The number of halogens is 4. The first-order valence-corrected chi connectivity index (χ1v) is 10.5. The van der Waals surface area contributed by atoms with Gasteiger partial charge in [0, 0.05) is 24.2 Å². The van der Waals surface area contributed by atoms with Crippen LogP contribution in [-0.2, 0) is 12.6 Å². The molecule has 0 spiro atoms. The molecule has 0 atom stereocenters. The largest absolute Gasteiger partial charge is 0.496 e. The van der Waals surface area contributed by atoms with Crippen LogP contribution in [0.1, 0.15) is 27.7 Å². The Hall–Kier alpha value is -3.41. The molecule has 0 saturated carbocycles. The molecular weight excluding hydrogens is 466 g/mol. The van der Waals surface area contributed by atoms with E-state index in [2.05, 4.69) is 15.3 Å². The maximum Gasteiger partial charge on any atom is 0.416 e. The number of anilines is 1. The first kappa shape index (κ1) is 24.2. The molecule has 0 amide bonds. The molecule has 2 N–H and O–H groups in total. The summed E-state index contributed by atoms with van der Waals surface area (Å²) < 4.78 is 63.3. The van der Waals surface area contributed by atoms with Crippen molar-refractivity contribution in [1.29, 1.82) is 0 Å². The number of aromatic nitrogens is 2. The Morgan fingerprint density at radius 2 is 1.94 bits per heavy atom. The lowest BCUT2D eigenvalue weighted by Gasteiger charge is -2.14. The SMILES string of the molecule is CCOc1cc(-c2cc(NCCc3c(F)cc(C(F)(F)F)cc3OC)ncn2)sc1C(=O)O. The number of aromatic carboxylic acids is 1. The van der Waals surface area contributed by atoms with Gasteiger partial charge in [-0.1, -0.05) is 0 Å². The fourth-order valence-electron chi connectivity index (χ4n) is 3.02. The van der Waals surface area contributed by atoms with Crippen molar-refractivity contribution in [3.63, 3.8) is 0 Å². The molecule has 2 heterocycles. The summed E-state index contributed by atoms with van der Waals surface area (Å²) in [6, 6.07) is 4.35. The van der Waals surface area contributed by atoms with Crippen LogP contribution < -0.4 is 14.8 Å². The summed E-state index contributed by atoms with van der Waals surface area (Å²) in [6.45, 7) is 2.19. The van der Waals surface area contributed by atoms with Crippen molar-refractivity contribution in [1.82, 2.24) is 9.97 Å². The number of alkyl halides is 3. The molecule has 0 aliphatic rings. The van der Waals surface area contributed by atoms with Gasteiger partial charge in [-0.2, -0.15) is 13.2 Å². The minimum atomic E-state index is -4.69. The van der Waals surface area contributed by atoms with Gasteiger partial charge in [-0.15, -0.1) is 11.3 Å². The monoisotopic (exact) mass is 485 g/mol. The summed E-state index contributed by atoms with van der Waals surface area (Å²) in [5.41, 5.74) is -0.681. The Morgan fingerprint density at radius 1 is 1.18 bits per heavy atom. The van der Waals surface area contributed by atoms with Crippen molar-refractivity contribution < 1.29 is 36.9 Å². The van der Waals surface area contributed by atoms with Gasteiger partial charge in [0.05, 0.1) is 29.9 Å². The molecule has 0 unspecified atom stereocenters. The molecule has 3 rings (SSSR count). The smallest absolute Gasteiger partial charge is 0.416 e.